The number of carbonyl (C=O) groups excluding carboxylic acids is 1. The molecule has 1 atom stereocenters. The average Bonchev–Trinajstić information content (AvgIpc) is 2.58. The first-order chi connectivity index (χ1) is 11.8. The lowest BCUT2D eigenvalue weighted by atomic mass is 9.85. The van der Waals surface area contributed by atoms with Crippen LogP contribution in [0.15, 0.2) is 59.6 Å². The summed E-state index contributed by atoms with van der Waals surface area (Å²) in [5, 5.41) is 0.672. The van der Waals surface area contributed by atoms with Crippen LogP contribution in [0.2, 0.25) is 5.02 Å². The van der Waals surface area contributed by atoms with Crippen LogP contribution in [0.25, 0.3) is 0 Å². The number of carbonyl (C=O) groups is 1. The van der Waals surface area contributed by atoms with E-state index in [0.29, 0.717) is 11.4 Å². The fourth-order valence-electron chi connectivity index (χ4n) is 2.62. The standard InChI is InChI=1S/C21H24ClNO2/c1-21(2,3)19(16-10-12-17(22)13-11-16)23-18(20(24)25-4)14-15-8-6-5-7-9-15/h5-13,18H,14H2,1-4H3. The van der Waals surface area contributed by atoms with Gasteiger partial charge in [0.05, 0.1) is 7.11 Å². The van der Waals surface area contributed by atoms with Crippen LogP contribution in [0.1, 0.15) is 31.9 Å². The number of rotatable bonds is 5. The molecule has 0 spiro atoms. The third kappa shape index (κ3) is 5.43. The Hall–Kier alpha value is -2.13. The highest BCUT2D eigenvalue weighted by Crippen LogP contribution is 2.25. The molecule has 0 radical (unpaired) electrons. The number of aliphatic imine (C=N–C) groups is 1. The Morgan fingerprint density at radius 2 is 1.68 bits per heavy atom. The lowest BCUT2D eigenvalue weighted by molar-refractivity contribution is -0.142. The van der Waals surface area contributed by atoms with Crippen LogP contribution in [0.3, 0.4) is 0 Å². The molecular formula is C21H24ClNO2. The van der Waals surface area contributed by atoms with E-state index in [9.17, 15) is 4.79 Å². The van der Waals surface area contributed by atoms with Crippen LogP contribution in [-0.2, 0) is 16.0 Å². The molecule has 132 valence electrons. The Morgan fingerprint density at radius 3 is 2.20 bits per heavy atom. The number of nitrogens with zero attached hydrogens (tertiary/aromatic N) is 1. The van der Waals surface area contributed by atoms with Crippen LogP contribution in [0, 0.1) is 5.41 Å². The second kappa shape index (κ2) is 8.30. The molecule has 0 heterocycles. The Labute approximate surface area is 154 Å². The zero-order valence-corrected chi connectivity index (χ0v) is 15.9. The van der Waals surface area contributed by atoms with E-state index in [-0.39, 0.29) is 11.4 Å². The molecule has 2 aromatic rings. The predicted octanol–water partition coefficient (Wildman–Crippen LogP) is 4.96. The van der Waals surface area contributed by atoms with Crippen LogP contribution in [0.4, 0.5) is 0 Å². The van der Waals surface area contributed by atoms with Crippen molar-refractivity contribution < 1.29 is 9.53 Å². The molecule has 1 unspecified atom stereocenters. The molecule has 25 heavy (non-hydrogen) atoms. The number of benzene rings is 2. The first kappa shape index (κ1) is 19.2. The number of halogens is 1. The number of esters is 1. The molecular weight excluding hydrogens is 334 g/mol. The molecule has 2 aromatic carbocycles. The van der Waals surface area contributed by atoms with Crippen molar-refractivity contribution in [2.45, 2.75) is 33.2 Å². The molecule has 0 amide bonds. The van der Waals surface area contributed by atoms with Gasteiger partial charge in [0.1, 0.15) is 0 Å². The maximum absolute atomic E-state index is 12.3. The van der Waals surface area contributed by atoms with Crippen molar-refractivity contribution >= 4 is 23.3 Å². The monoisotopic (exact) mass is 357 g/mol. The second-order valence-corrected chi connectivity index (χ2v) is 7.40. The summed E-state index contributed by atoms with van der Waals surface area (Å²) in [5.41, 5.74) is 2.64. The van der Waals surface area contributed by atoms with Crippen LogP contribution in [-0.4, -0.2) is 24.8 Å². The fraction of sp³-hybridized carbons (Fsp3) is 0.333. The van der Waals surface area contributed by atoms with Crippen molar-refractivity contribution in [2.75, 3.05) is 7.11 Å². The molecule has 2 rings (SSSR count). The molecule has 0 N–H and O–H groups in total. The first-order valence-corrected chi connectivity index (χ1v) is 8.65. The normalized spacial score (nSPS) is 13.4. The van der Waals surface area contributed by atoms with Gasteiger partial charge in [0.2, 0.25) is 0 Å². The zero-order valence-electron chi connectivity index (χ0n) is 15.1. The zero-order chi connectivity index (χ0) is 18.4. The second-order valence-electron chi connectivity index (χ2n) is 6.96. The maximum atomic E-state index is 12.3. The van der Waals surface area contributed by atoms with Gasteiger partial charge in [0.25, 0.3) is 0 Å². The van der Waals surface area contributed by atoms with Crippen LogP contribution < -0.4 is 0 Å². The lowest BCUT2D eigenvalue weighted by Crippen LogP contribution is -2.29. The molecule has 0 aromatic heterocycles. The van der Waals surface area contributed by atoms with E-state index in [0.717, 1.165) is 16.8 Å². The summed E-state index contributed by atoms with van der Waals surface area (Å²) in [7, 11) is 1.40. The largest absolute Gasteiger partial charge is 0.467 e. The predicted molar refractivity (Wildman–Crippen MR) is 103 cm³/mol. The molecule has 0 fully saturated rings. The fourth-order valence-corrected chi connectivity index (χ4v) is 2.75. The van der Waals surface area contributed by atoms with Crippen molar-refractivity contribution in [3.05, 3.63) is 70.7 Å². The maximum Gasteiger partial charge on any atom is 0.330 e. The summed E-state index contributed by atoms with van der Waals surface area (Å²) in [6.07, 6.45) is 0.501. The van der Waals surface area contributed by atoms with Crippen LogP contribution in [0.5, 0.6) is 0 Å². The van der Waals surface area contributed by atoms with E-state index < -0.39 is 6.04 Å². The van der Waals surface area contributed by atoms with Gasteiger partial charge in [-0.3, -0.25) is 4.99 Å². The van der Waals surface area contributed by atoms with E-state index in [1.54, 1.807) is 0 Å². The van der Waals surface area contributed by atoms with Gasteiger partial charge in [-0.05, 0) is 23.3 Å². The van der Waals surface area contributed by atoms with Crippen LogP contribution >= 0.6 is 11.6 Å². The summed E-state index contributed by atoms with van der Waals surface area (Å²) >= 11 is 6.00. The van der Waals surface area contributed by atoms with E-state index in [1.165, 1.54) is 7.11 Å². The topological polar surface area (TPSA) is 38.7 Å². The minimum atomic E-state index is -0.586. The lowest BCUT2D eigenvalue weighted by Gasteiger charge is -2.24. The van der Waals surface area contributed by atoms with Gasteiger partial charge >= 0.3 is 5.97 Å². The van der Waals surface area contributed by atoms with Gasteiger partial charge in [0, 0.05) is 22.6 Å². The number of methoxy groups -OCH3 is 1. The third-order valence-corrected chi connectivity index (χ3v) is 4.11. The van der Waals surface area contributed by atoms with Crippen molar-refractivity contribution in [1.29, 1.82) is 0 Å². The van der Waals surface area contributed by atoms with Gasteiger partial charge < -0.3 is 4.74 Å². The average molecular weight is 358 g/mol. The Bertz CT molecular complexity index is 731. The first-order valence-electron chi connectivity index (χ1n) is 8.27. The third-order valence-electron chi connectivity index (χ3n) is 3.86. The minimum absolute atomic E-state index is 0.225. The van der Waals surface area contributed by atoms with Gasteiger partial charge in [-0.15, -0.1) is 0 Å². The Morgan fingerprint density at radius 1 is 1.08 bits per heavy atom. The van der Waals surface area contributed by atoms with Crippen molar-refractivity contribution in [3.63, 3.8) is 0 Å². The molecule has 0 bridgehead atoms. The van der Waals surface area contributed by atoms with Gasteiger partial charge in [0.15, 0.2) is 6.04 Å². The molecule has 3 nitrogen and oxygen atoms in total. The van der Waals surface area contributed by atoms with E-state index >= 15 is 0 Å². The Balaban J connectivity index is 2.44. The van der Waals surface area contributed by atoms with Crippen molar-refractivity contribution in [2.24, 2.45) is 10.4 Å². The van der Waals surface area contributed by atoms with E-state index in [1.807, 2.05) is 54.6 Å². The summed E-state index contributed by atoms with van der Waals surface area (Å²) < 4.78 is 4.99. The molecule has 0 aliphatic carbocycles. The Kier molecular flexibility index (Phi) is 6.38. The smallest absolute Gasteiger partial charge is 0.330 e. The minimum Gasteiger partial charge on any atom is -0.467 e. The highest BCUT2D eigenvalue weighted by molar-refractivity contribution is 6.30. The summed E-state index contributed by atoms with van der Waals surface area (Å²) in [6, 6.07) is 16.8. The van der Waals surface area contributed by atoms with Gasteiger partial charge in [-0.1, -0.05) is 74.8 Å². The molecule has 4 heteroatoms. The molecule has 0 saturated carbocycles. The quantitative estimate of drug-likeness (QED) is 0.560. The number of hydrogen-bond donors (Lipinski definition) is 0. The number of ether oxygens (including phenoxy) is 1. The van der Waals surface area contributed by atoms with E-state index in [2.05, 4.69) is 20.8 Å². The van der Waals surface area contributed by atoms with Crippen molar-refractivity contribution in [1.82, 2.24) is 0 Å². The SMILES string of the molecule is COC(=O)C(Cc1ccccc1)N=C(c1ccc(Cl)cc1)C(C)(C)C. The molecule has 0 aliphatic rings. The summed E-state index contributed by atoms with van der Waals surface area (Å²) in [5.74, 6) is -0.334. The van der Waals surface area contributed by atoms with Gasteiger partial charge in [-0.25, -0.2) is 4.79 Å². The van der Waals surface area contributed by atoms with Crippen molar-refractivity contribution in [3.8, 4) is 0 Å². The highest BCUT2D eigenvalue weighted by atomic mass is 35.5. The summed E-state index contributed by atoms with van der Waals surface area (Å²) in [6.45, 7) is 6.24. The van der Waals surface area contributed by atoms with E-state index in [4.69, 9.17) is 21.3 Å². The molecule has 0 aliphatic heterocycles. The highest BCUT2D eigenvalue weighted by Gasteiger charge is 2.26. The summed E-state index contributed by atoms with van der Waals surface area (Å²) in [4.78, 5) is 17.1. The van der Waals surface area contributed by atoms with Gasteiger partial charge in [-0.2, -0.15) is 0 Å². The number of hydrogen-bond acceptors (Lipinski definition) is 3. The molecule has 0 saturated heterocycles.